The van der Waals surface area contributed by atoms with Gasteiger partial charge in [0.25, 0.3) is 0 Å². The lowest BCUT2D eigenvalue weighted by Gasteiger charge is -2.28. The lowest BCUT2D eigenvalue weighted by atomic mass is 9.98. The van der Waals surface area contributed by atoms with E-state index in [9.17, 15) is 0 Å². The van der Waals surface area contributed by atoms with E-state index in [0.717, 1.165) is 67.7 Å². The highest BCUT2D eigenvalue weighted by atomic mass is 32.1. The van der Waals surface area contributed by atoms with E-state index in [0.29, 0.717) is 0 Å². The molecule has 0 unspecified atom stereocenters. The number of rotatable bonds is 4. The maximum Gasteiger partial charge on any atom is 0.0651 e. The van der Waals surface area contributed by atoms with E-state index in [1.54, 1.807) is 0 Å². The number of hydrogen-bond donors (Lipinski definition) is 0. The van der Waals surface area contributed by atoms with Crippen molar-refractivity contribution < 1.29 is 0 Å². The normalized spacial score (nSPS) is 12.7. The molecule has 0 spiro atoms. The van der Waals surface area contributed by atoms with Crippen molar-refractivity contribution in [2.45, 2.75) is 0 Å². The fourth-order valence-corrected chi connectivity index (χ4v) is 11.0. The Morgan fingerprint density at radius 1 is 0.387 bits per heavy atom. The summed E-state index contributed by atoms with van der Waals surface area (Å²) in [4.78, 5) is 9.83. The molecule has 4 nitrogen and oxygen atoms in total. The van der Waals surface area contributed by atoms with Gasteiger partial charge in [0.05, 0.1) is 45.8 Å². The summed E-state index contributed by atoms with van der Waals surface area (Å²) in [5.74, 6) is 0. The molecule has 0 fully saturated rings. The van der Waals surface area contributed by atoms with Gasteiger partial charge in [-0.3, -0.25) is 4.98 Å². The maximum atomic E-state index is 4.99. The van der Waals surface area contributed by atoms with E-state index in [1.165, 1.54) is 47.8 Å². The minimum atomic E-state index is 1.01. The molecule has 0 aliphatic carbocycles. The maximum absolute atomic E-state index is 4.99. The Morgan fingerprint density at radius 2 is 1.05 bits per heavy atom. The molecule has 2 aliphatic rings. The van der Waals surface area contributed by atoms with Crippen LogP contribution in [0.15, 0.2) is 207 Å². The van der Waals surface area contributed by atoms with Crippen LogP contribution in [0.3, 0.4) is 0 Å². The Morgan fingerprint density at radius 3 is 1.94 bits per heavy atom. The zero-order valence-corrected chi connectivity index (χ0v) is 34.3. The molecule has 13 rings (SSSR count). The molecule has 62 heavy (non-hydrogen) atoms. The third kappa shape index (κ3) is 5.29. The first-order chi connectivity index (χ1) is 30.8. The standard InChI is InChI=1S/C57H36N4S/c1-2-17-41(18-3-1)59-50-25-10-5-21-45(50)56-46-22-6-11-26-51(46)61(57(56)47-23-7-12-27-52(47)59)43-32-40(35-58-36-43)38-16-14-19-42(31-38)60-49-24-9-4-15-37(49)29-30-39-33-55-48(34-53(39)60)44-20-8-13-28-54(44)62-55/h1-36H. The van der Waals surface area contributed by atoms with Gasteiger partial charge in [-0.05, 0) is 89.5 Å². The van der Waals surface area contributed by atoms with Gasteiger partial charge in [-0.15, -0.1) is 11.3 Å². The van der Waals surface area contributed by atoms with Gasteiger partial charge in [-0.25, -0.2) is 0 Å². The minimum absolute atomic E-state index is 1.01. The fraction of sp³-hybridized carbons (Fsp3) is 0. The van der Waals surface area contributed by atoms with Crippen LogP contribution in [0.4, 0.5) is 34.1 Å². The molecule has 0 bridgehead atoms. The predicted octanol–water partition coefficient (Wildman–Crippen LogP) is 16.1. The molecule has 0 saturated heterocycles. The van der Waals surface area contributed by atoms with Gasteiger partial charge in [0.2, 0.25) is 0 Å². The molecule has 2 aliphatic heterocycles. The van der Waals surface area contributed by atoms with E-state index in [4.69, 9.17) is 4.98 Å². The number of nitrogens with zero attached hydrogens (tertiary/aromatic N) is 4. The van der Waals surface area contributed by atoms with E-state index in [1.807, 2.05) is 23.7 Å². The smallest absolute Gasteiger partial charge is 0.0651 e. The Bertz CT molecular complexity index is 3610. The number of thiophene rings is 1. The largest absolute Gasteiger partial charge is 0.309 e. The summed E-state index contributed by atoms with van der Waals surface area (Å²) < 4.78 is 5.03. The fourth-order valence-electron chi connectivity index (χ4n) is 9.82. The molecule has 5 heterocycles. The molecule has 0 radical (unpaired) electrons. The number of pyridine rings is 1. The molecular weight excluding hydrogens is 773 g/mol. The van der Waals surface area contributed by atoms with Crippen LogP contribution >= 0.6 is 11.3 Å². The summed E-state index contributed by atoms with van der Waals surface area (Å²) in [5.41, 5.74) is 18.2. The van der Waals surface area contributed by atoms with Crippen LogP contribution in [0, 0.1) is 0 Å². The van der Waals surface area contributed by atoms with Crippen LogP contribution in [0.1, 0.15) is 11.1 Å². The van der Waals surface area contributed by atoms with Crippen molar-refractivity contribution in [3.8, 4) is 39.2 Å². The van der Waals surface area contributed by atoms with Crippen LogP contribution in [-0.2, 0) is 0 Å². The molecule has 0 atom stereocenters. The van der Waals surface area contributed by atoms with E-state index in [2.05, 4.69) is 221 Å². The van der Waals surface area contributed by atoms with Crippen LogP contribution in [0.25, 0.3) is 82.4 Å². The Balaban J connectivity index is 1.00. The van der Waals surface area contributed by atoms with Gasteiger partial charge in [0, 0.05) is 65.4 Å². The number of benzene rings is 8. The highest BCUT2D eigenvalue weighted by Gasteiger charge is 2.31. The second-order valence-corrected chi connectivity index (χ2v) is 17.1. The van der Waals surface area contributed by atoms with Crippen LogP contribution in [0.5, 0.6) is 0 Å². The molecular formula is C57H36N4S. The van der Waals surface area contributed by atoms with Crippen LogP contribution < -0.4 is 9.80 Å². The van der Waals surface area contributed by atoms with E-state index in [-0.39, 0.29) is 0 Å². The first-order valence-corrected chi connectivity index (χ1v) is 21.8. The van der Waals surface area contributed by atoms with Crippen molar-refractivity contribution in [1.29, 1.82) is 0 Å². The first kappa shape index (κ1) is 34.8. The summed E-state index contributed by atoms with van der Waals surface area (Å²) in [7, 11) is 0. The number of anilines is 6. The highest BCUT2D eigenvalue weighted by molar-refractivity contribution is 7.25. The molecule has 8 aromatic carbocycles. The summed E-state index contributed by atoms with van der Waals surface area (Å²) in [5, 5.41) is 3.78. The summed E-state index contributed by atoms with van der Waals surface area (Å²) in [6, 6.07) is 70.6. The van der Waals surface area contributed by atoms with Crippen molar-refractivity contribution >= 4 is 88.7 Å². The molecule has 290 valence electrons. The van der Waals surface area contributed by atoms with Crippen LogP contribution in [0.2, 0.25) is 0 Å². The zero-order valence-electron chi connectivity index (χ0n) is 33.5. The third-order valence-corrected chi connectivity index (χ3v) is 13.6. The zero-order chi connectivity index (χ0) is 40.7. The number of hydrogen-bond acceptors (Lipinski definition) is 4. The molecule has 0 saturated carbocycles. The SMILES string of the molecule is C1=Cc2cc3sc4ccccc4c3cc2N(c2cccc(-c3cncc(-n4c5c(c6ccccc64)-c4ccccc4N(c4ccccc4)c4ccccc4-5)c3)c2)c2ccccc21. The Labute approximate surface area is 363 Å². The number of aromatic nitrogens is 2. The summed E-state index contributed by atoms with van der Waals surface area (Å²) in [6.45, 7) is 0. The molecule has 11 aromatic rings. The second kappa shape index (κ2) is 13.8. The van der Waals surface area contributed by atoms with Gasteiger partial charge >= 0.3 is 0 Å². The highest BCUT2D eigenvalue weighted by Crippen LogP contribution is 2.54. The monoisotopic (exact) mass is 808 g/mol. The van der Waals surface area contributed by atoms with Crippen molar-refractivity contribution in [3.05, 3.63) is 218 Å². The van der Waals surface area contributed by atoms with Gasteiger partial charge in [-0.1, -0.05) is 133 Å². The molecule has 3 aromatic heterocycles. The number of para-hydroxylation sites is 5. The third-order valence-electron chi connectivity index (χ3n) is 12.5. The van der Waals surface area contributed by atoms with E-state index < -0.39 is 0 Å². The van der Waals surface area contributed by atoms with Gasteiger partial charge in [-0.2, -0.15) is 0 Å². The molecule has 0 N–H and O–H groups in total. The topological polar surface area (TPSA) is 24.3 Å². The van der Waals surface area contributed by atoms with Gasteiger partial charge < -0.3 is 14.4 Å². The van der Waals surface area contributed by atoms with Gasteiger partial charge in [0.15, 0.2) is 0 Å². The van der Waals surface area contributed by atoms with Gasteiger partial charge in [0.1, 0.15) is 0 Å². The Hall–Kier alpha value is -7.99. The van der Waals surface area contributed by atoms with Crippen molar-refractivity contribution in [2.75, 3.05) is 9.80 Å². The lowest BCUT2D eigenvalue weighted by Crippen LogP contribution is -2.11. The van der Waals surface area contributed by atoms with E-state index >= 15 is 0 Å². The average molecular weight is 809 g/mol. The summed E-state index contributed by atoms with van der Waals surface area (Å²) >= 11 is 1.86. The van der Waals surface area contributed by atoms with Crippen molar-refractivity contribution in [3.63, 3.8) is 0 Å². The predicted molar refractivity (Wildman–Crippen MR) is 262 cm³/mol. The average Bonchev–Trinajstić information content (AvgIpc) is 3.77. The minimum Gasteiger partial charge on any atom is -0.309 e. The quantitative estimate of drug-likeness (QED) is 0.177. The Kier molecular flexibility index (Phi) is 7.74. The lowest BCUT2D eigenvalue weighted by molar-refractivity contribution is 1.11. The van der Waals surface area contributed by atoms with Crippen molar-refractivity contribution in [1.82, 2.24) is 9.55 Å². The molecule has 0 amide bonds. The van der Waals surface area contributed by atoms with Crippen molar-refractivity contribution in [2.24, 2.45) is 0 Å². The first-order valence-electron chi connectivity index (χ1n) is 21.0. The summed E-state index contributed by atoms with van der Waals surface area (Å²) in [6.07, 6.45) is 8.54. The number of fused-ring (bicyclic) bond motifs is 12. The molecule has 5 heteroatoms. The second-order valence-electron chi connectivity index (χ2n) is 16.0. The van der Waals surface area contributed by atoms with Crippen LogP contribution in [-0.4, -0.2) is 9.55 Å².